The molecule has 0 fully saturated rings. The Balaban J connectivity index is 1.79. The van der Waals surface area contributed by atoms with Gasteiger partial charge in [0.1, 0.15) is 6.61 Å². The van der Waals surface area contributed by atoms with Gasteiger partial charge >= 0.3 is 0 Å². The second-order valence-electron chi connectivity index (χ2n) is 8.30. The molecule has 6 nitrogen and oxygen atoms in total. The summed E-state index contributed by atoms with van der Waals surface area (Å²) in [5.74, 6) is -0.0741. The SMILES string of the molecule is CCN(CC)CCO/N=C1\CC(c2ccc(Cl)c(Cl)c2)Cc2c1c(=O)c1cc(Cl)ccc1n2O. The lowest BCUT2D eigenvalue weighted by Crippen LogP contribution is -2.31. The first-order valence-electron chi connectivity index (χ1n) is 11.3. The van der Waals surface area contributed by atoms with Gasteiger partial charge in [0.15, 0.2) is 5.43 Å². The summed E-state index contributed by atoms with van der Waals surface area (Å²) in [6, 6.07) is 10.3. The van der Waals surface area contributed by atoms with Crippen LogP contribution in [0.15, 0.2) is 46.3 Å². The van der Waals surface area contributed by atoms with E-state index in [2.05, 4.69) is 23.9 Å². The molecule has 0 saturated heterocycles. The summed E-state index contributed by atoms with van der Waals surface area (Å²) in [7, 11) is 0. The van der Waals surface area contributed by atoms with Crippen LogP contribution in [0.1, 0.15) is 43.0 Å². The van der Waals surface area contributed by atoms with Gasteiger partial charge in [0.2, 0.25) is 0 Å². The van der Waals surface area contributed by atoms with Crippen molar-refractivity contribution in [2.24, 2.45) is 5.16 Å². The minimum Gasteiger partial charge on any atom is -0.428 e. The standard InChI is InChI=1S/C25H26Cl3N3O3/c1-3-30(4-2)9-10-34-29-21-12-16(15-5-7-19(27)20(28)11-15)13-23-24(21)25(32)18-14-17(26)6-8-22(18)31(23)33/h5-8,11,14,16,33H,3-4,9-10,12-13H2,1-2H3/b29-21+. The van der Waals surface area contributed by atoms with Crippen molar-refractivity contribution in [3.63, 3.8) is 0 Å². The minimum absolute atomic E-state index is 0.0741. The molecule has 0 bridgehead atoms. The van der Waals surface area contributed by atoms with Gasteiger partial charge in [0.25, 0.3) is 0 Å². The van der Waals surface area contributed by atoms with Gasteiger partial charge < -0.3 is 14.9 Å². The van der Waals surface area contributed by atoms with Gasteiger partial charge in [-0.2, -0.15) is 4.73 Å². The summed E-state index contributed by atoms with van der Waals surface area (Å²) in [5, 5.41) is 17.1. The summed E-state index contributed by atoms with van der Waals surface area (Å²) in [6.45, 7) is 7.14. The number of aromatic nitrogens is 1. The van der Waals surface area contributed by atoms with Crippen LogP contribution in [0, 0.1) is 0 Å². The summed E-state index contributed by atoms with van der Waals surface area (Å²) in [4.78, 5) is 21.4. The third kappa shape index (κ3) is 4.91. The van der Waals surface area contributed by atoms with Crippen molar-refractivity contribution in [3.05, 3.63) is 78.5 Å². The molecule has 1 atom stereocenters. The maximum Gasteiger partial charge on any atom is 0.199 e. The maximum absolute atomic E-state index is 13.5. The van der Waals surface area contributed by atoms with Crippen molar-refractivity contribution < 1.29 is 10.0 Å². The Bertz CT molecular complexity index is 1300. The average molecular weight is 523 g/mol. The highest BCUT2D eigenvalue weighted by Gasteiger charge is 2.32. The van der Waals surface area contributed by atoms with Crippen LogP contribution >= 0.6 is 34.8 Å². The quantitative estimate of drug-likeness (QED) is 0.235. The number of rotatable bonds is 7. The number of benzene rings is 2. The lowest BCUT2D eigenvalue weighted by atomic mass is 9.80. The van der Waals surface area contributed by atoms with E-state index < -0.39 is 0 Å². The van der Waals surface area contributed by atoms with E-state index in [1.165, 1.54) is 0 Å². The highest BCUT2D eigenvalue weighted by atomic mass is 35.5. The second-order valence-corrected chi connectivity index (χ2v) is 9.55. The molecule has 1 aliphatic carbocycles. The average Bonchev–Trinajstić information content (AvgIpc) is 2.83. The number of nitrogens with zero attached hydrogens (tertiary/aromatic N) is 3. The van der Waals surface area contributed by atoms with Crippen molar-refractivity contribution >= 4 is 51.4 Å². The molecule has 4 rings (SSSR count). The Morgan fingerprint density at radius 2 is 1.85 bits per heavy atom. The van der Waals surface area contributed by atoms with Crippen molar-refractivity contribution in [2.45, 2.75) is 32.6 Å². The van der Waals surface area contributed by atoms with Gasteiger partial charge in [-0.1, -0.05) is 59.9 Å². The monoisotopic (exact) mass is 521 g/mol. The first-order valence-corrected chi connectivity index (χ1v) is 12.4. The molecular weight excluding hydrogens is 497 g/mol. The molecule has 0 aliphatic heterocycles. The van der Waals surface area contributed by atoms with Crippen LogP contribution in [0.4, 0.5) is 0 Å². The number of oxime groups is 1. The van der Waals surface area contributed by atoms with E-state index in [1.807, 2.05) is 12.1 Å². The molecule has 1 aromatic heterocycles. The Morgan fingerprint density at radius 3 is 2.56 bits per heavy atom. The van der Waals surface area contributed by atoms with Crippen LogP contribution in [0.2, 0.25) is 15.1 Å². The number of fused-ring (bicyclic) bond motifs is 2. The zero-order valence-electron chi connectivity index (χ0n) is 19.0. The second kappa shape index (κ2) is 10.6. The molecule has 0 spiro atoms. The van der Waals surface area contributed by atoms with E-state index >= 15 is 0 Å². The van der Waals surface area contributed by atoms with E-state index in [-0.39, 0.29) is 11.3 Å². The third-order valence-corrected chi connectivity index (χ3v) is 7.33. The number of likely N-dealkylation sites (N-methyl/N-ethyl adjacent to an activating group) is 1. The van der Waals surface area contributed by atoms with Gasteiger partial charge in [0.05, 0.1) is 37.9 Å². The predicted molar refractivity (Wildman–Crippen MR) is 138 cm³/mol. The molecule has 3 aromatic rings. The van der Waals surface area contributed by atoms with E-state index in [0.717, 1.165) is 29.9 Å². The molecule has 34 heavy (non-hydrogen) atoms. The van der Waals surface area contributed by atoms with Gasteiger partial charge in [-0.25, -0.2) is 0 Å². The predicted octanol–water partition coefficient (Wildman–Crippen LogP) is 5.99. The number of halogens is 3. The van der Waals surface area contributed by atoms with Crippen LogP contribution in [0.3, 0.4) is 0 Å². The summed E-state index contributed by atoms with van der Waals surface area (Å²) >= 11 is 18.5. The summed E-state index contributed by atoms with van der Waals surface area (Å²) in [6.07, 6.45) is 0.883. The molecular formula is C25H26Cl3N3O3. The Labute approximate surface area is 213 Å². The number of pyridine rings is 1. The normalized spacial score (nSPS) is 16.9. The fourth-order valence-corrected chi connectivity index (χ4v) is 4.92. The minimum atomic E-state index is -0.225. The zero-order valence-corrected chi connectivity index (χ0v) is 21.3. The topological polar surface area (TPSA) is 67.1 Å². The molecule has 9 heteroatoms. The lowest BCUT2D eigenvalue weighted by Gasteiger charge is -2.27. The smallest absolute Gasteiger partial charge is 0.199 e. The third-order valence-electron chi connectivity index (χ3n) is 6.35. The Hall–Kier alpha value is -2.25. The van der Waals surface area contributed by atoms with E-state index in [4.69, 9.17) is 39.6 Å². The van der Waals surface area contributed by atoms with Crippen LogP contribution < -0.4 is 5.43 Å². The van der Waals surface area contributed by atoms with Crippen molar-refractivity contribution in [3.8, 4) is 0 Å². The van der Waals surface area contributed by atoms with Crippen LogP contribution in [-0.4, -0.2) is 46.8 Å². The van der Waals surface area contributed by atoms with Crippen LogP contribution in [0.25, 0.3) is 10.9 Å². The largest absolute Gasteiger partial charge is 0.428 e. The van der Waals surface area contributed by atoms with Gasteiger partial charge in [-0.3, -0.25) is 4.79 Å². The summed E-state index contributed by atoms with van der Waals surface area (Å²) in [5.41, 5.74) is 2.44. The highest BCUT2D eigenvalue weighted by Crippen LogP contribution is 2.36. The number of hydrogen-bond donors (Lipinski definition) is 1. The number of hydrogen-bond acceptors (Lipinski definition) is 5. The molecule has 1 N–H and O–H groups in total. The van der Waals surface area contributed by atoms with Gasteiger partial charge in [0, 0.05) is 18.0 Å². The molecule has 1 heterocycles. The summed E-state index contributed by atoms with van der Waals surface area (Å²) < 4.78 is 1.07. The van der Waals surface area contributed by atoms with Crippen molar-refractivity contribution in [1.82, 2.24) is 9.63 Å². The first kappa shape index (κ1) is 24.9. The Morgan fingerprint density at radius 1 is 1.09 bits per heavy atom. The van der Waals surface area contributed by atoms with E-state index in [9.17, 15) is 10.0 Å². The Kier molecular flexibility index (Phi) is 7.73. The molecule has 180 valence electrons. The fourth-order valence-electron chi connectivity index (χ4n) is 4.44. The molecule has 0 radical (unpaired) electrons. The molecule has 1 unspecified atom stereocenters. The maximum atomic E-state index is 13.5. The fraction of sp³-hybridized carbons (Fsp3) is 0.360. The van der Waals surface area contributed by atoms with Crippen LogP contribution in [0.5, 0.6) is 0 Å². The zero-order chi connectivity index (χ0) is 24.4. The highest BCUT2D eigenvalue weighted by molar-refractivity contribution is 6.42. The van der Waals surface area contributed by atoms with Crippen LogP contribution in [-0.2, 0) is 11.3 Å². The molecule has 0 amide bonds. The van der Waals surface area contributed by atoms with Gasteiger partial charge in [-0.05, 0) is 61.3 Å². The molecule has 0 saturated carbocycles. The molecule has 2 aromatic carbocycles. The first-order chi connectivity index (χ1) is 16.3. The van der Waals surface area contributed by atoms with Crippen molar-refractivity contribution in [1.29, 1.82) is 0 Å². The van der Waals surface area contributed by atoms with E-state index in [1.54, 1.807) is 24.3 Å². The molecule has 1 aliphatic rings. The van der Waals surface area contributed by atoms with Gasteiger partial charge in [-0.15, -0.1) is 0 Å². The van der Waals surface area contributed by atoms with E-state index in [0.29, 0.717) is 62.4 Å². The lowest BCUT2D eigenvalue weighted by molar-refractivity contribution is 0.113. The van der Waals surface area contributed by atoms with Crippen molar-refractivity contribution in [2.75, 3.05) is 26.2 Å².